The molecule has 16 heavy (non-hydrogen) atoms. The summed E-state index contributed by atoms with van der Waals surface area (Å²) in [7, 11) is 0. The number of alkyl halides is 3. The van der Waals surface area contributed by atoms with Crippen LogP contribution in [0.4, 0.5) is 13.2 Å². The van der Waals surface area contributed by atoms with Crippen LogP contribution in [0.1, 0.15) is 5.56 Å². The maximum absolute atomic E-state index is 11.9. The Morgan fingerprint density at radius 1 is 1.44 bits per heavy atom. The van der Waals surface area contributed by atoms with Crippen molar-refractivity contribution in [3.05, 3.63) is 23.8 Å². The van der Waals surface area contributed by atoms with Crippen LogP contribution in [0, 0.1) is 18.3 Å². The predicted octanol–water partition coefficient (Wildman–Crippen LogP) is 3.51. The topological polar surface area (TPSA) is 33.0 Å². The SMILES string of the molecule is Cc1cc(OC(F)(F)F)ccc1SCC#N. The molecule has 0 spiro atoms. The average Bonchev–Trinajstić information content (AvgIpc) is 2.14. The largest absolute Gasteiger partial charge is 0.573 e. The molecule has 86 valence electrons. The second-order valence-corrected chi connectivity index (χ2v) is 3.94. The zero-order chi connectivity index (χ0) is 12.2. The Kier molecular flexibility index (Phi) is 4.07. The first kappa shape index (κ1) is 12.7. The van der Waals surface area contributed by atoms with E-state index in [1.54, 1.807) is 6.92 Å². The number of halogens is 3. The van der Waals surface area contributed by atoms with Gasteiger partial charge in [-0.3, -0.25) is 0 Å². The van der Waals surface area contributed by atoms with E-state index in [0.717, 1.165) is 4.90 Å². The van der Waals surface area contributed by atoms with Crippen molar-refractivity contribution < 1.29 is 17.9 Å². The fourth-order valence-corrected chi connectivity index (χ4v) is 1.76. The fraction of sp³-hybridized carbons (Fsp3) is 0.300. The lowest BCUT2D eigenvalue weighted by Crippen LogP contribution is -2.17. The Balaban J connectivity index is 2.79. The van der Waals surface area contributed by atoms with Crippen molar-refractivity contribution in [1.82, 2.24) is 0 Å². The second kappa shape index (κ2) is 5.12. The number of thioether (sulfide) groups is 1. The Hall–Kier alpha value is -1.35. The van der Waals surface area contributed by atoms with E-state index in [4.69, 9.17) is 5.26 Å². The maximum Gasteiger partial charge on any atom is 0.573 e. The Labute approximate surface area is 95.0 Å². The van der Waals surface area contributed by atoms with Gasteiger partial charge in [-0.05, 0) is 30.7 Å². The molecule has 1 rings (SSSR count). The van der Waals surface area contributed by atoms with Crippen molar-refractivity contribution in [1.29, 1.82) is 5.26 Å². The van der Waals surface area contributed by atoms with Crippen molar-refractivity contribution in [2.24, 2.45) is 0 Å². The van der Waals surface area contributed by atoms with Crippen LogP contribution in [0.5, 0.6) is 5.75 Å². The van der Waals surface area contributed by atoms with E-state index >= 15 is 0 Å². The Morgan fingerprint density at radius 3 is 2.62 bits per heavy atom. The molecule has 0 aliphatic heterocycles. The summed E-state index contributed by atoms with van der Waals surface area (Å²) < 4.78 is 39.5. The smallest absolute Gasteiger partial charge is 0.406 e. The highest BCUT2D eigenvalue weighted by molar-refractivity contribution is 7.99. The van der Waals surface area contributed by atoms with Crippen LogP contribution in [0.15, 0.2) is 23.1 Å². The molecular weight excluding hydrogens is 239 g/mol. The molecule has 0 heterocycles. The van der Waals surface area contributed by atoms with Gasteiger partial charge in [0.1, 0.15) is 5.75 Å². The number of benzene rings is 1. The molecule has 0 atom stereocenters. The van der Waals surface area contributed by atoms with E-state index in [9.17, 15) is 13.2 Å². The van der Waals surface area contributed by atoms with Gasteiger partial charge < -0.3 is 4.74 Å². The molecule has 1 aromatic rings. The van der Waals surface area contributed by atoms with Crippen molar-refractivity contribution in [2.75, 3.05) is 5.75 Å². The van der Waals surface area contributed by atoms with Gasteiger partial charge in [0.05, 0.1) is 11.8 Å². The fourth-order valence-electron chi connectivity index (χ4n) is 1.09. The number of nitrogens with zero attached hydrogens (tertiary/aromatic N) is 1. The molecule has 1 aromatic carbocycles. The number of hydrogen-bond acceptors (Lipinski definition) is 3. The van der Waals surface area contributed by atoms with E-state index < -0.39 is 6.36 Å². The lowest BCUT2D eigenvalue weighted by Gasteiger charge is -2.10. The third kappa shape index (κ3) is 4.03. The molecule has 0 aliphatic rings. The van der Waals surface area contributed by atoms with Gasteiger partial charge in [0.15, 0.2) is 0 Å². The first-order chi connectivity index (χ1) is 7.42. The minimum atomic E-state index is -4.67. The van der Waals surface area contributed by atoms with Crippen LogP contribution in [-0.4, -0.2) is 12.1 Å². The molecule has 0 unspecified atom stereocenters. The standard InChI is InChI=1S/C10H8F3NOS/c1-7-6-8(15-10(11,12)13)2-3-9(7)16-5-4-14/h2-3,6H,5H2,1H3. The molecular formula is C10H8F3NOS. The van der Waals surface area contributed by atoms with E-state index in [2.05, 4.69) is 4.74 Å². The van der Waals surface area contributed by atoms with Crippen LogP contribution in [0.3, 0.4) is 0 Å². The zero-order valence-electron chi connectivity index (χ0n) is 8.34. The molecule has 0 bridgehead atoms. The van der Waals surface area contributed by atoms with Crippen molar-refractivity contribution in [2.45, 2.75) is 18.2 Å². The summed E-state index contributed by atoms with van der Waals surface area (Å²) in [6.07, 6.45) is -4.67. The summed E-state index contributed by atoms with van der Waals surface area (Å²) >= 11 is 1.28. The molecule has 0 fully saturated rings. The highest BCUT2D eigenvalue weighted by Gasteiger charge is 2.31. The quantitative estimate of drug-likeness (QED) is 0.766. The van der Waals surface area contributed by atoms with Crippen LogP contribution in [0.2, 0.25) is 0 Å². The molecule has 0 saturated heterocycles. The van der Waals surface area contributed by atoms with Gasteiger partial charge >= 0.3 is 6.36 Å². The molecule has 6 heteroatoms. The van der Waals surface area contributed by atoms with Gasteiger partial charge in [0, 0.05) is 4.90 Å². The normalized spacial score (nSPS) is 10.9. The summed E-state index contributed by atoms with van der Waals surface area (Å²) in [6, 6.07) is 6.00. The highest BCUT2D eigenvalue weighted by Crippen LogP contribution is 2.28. The van der Waals surface area contributed by atoms with E-state index in [0.29, 0.717) is 5.56 Å². The van der Waals surface area contributed by atoms with Gasteiger partial charge in [-0.1, -0.05) is 0 Å². The summed E-state index contributed by atoms with van der Waals surface area (Å²) in [5.74, 6) is 0.0200. The van der Waals surface area contributed by atoms with Crippen LogP contribution < -0.4 is 4.74 Å². The Bertz CT molecular complexity index is 412. The molecule has 0 saturated carbocycles. The third-order valence-electron chi connectivity index (χ3n) is 1.67. The minimum absolute atomic E-state index is 0.244. The number of rotatable bonds is 3. The zero-order valence-corrected chi connectivity index (χ0v) is 9.15. The van der Waals surface area contributed by atoms with Gasteiger partial charge in [0.25, 0.3) is 0 Å². The van der Waals surface area contributed by atoms with E-state index in [1.165, 1.54) is 30.0 Å². The van der Waals surface area contributed by atoms with Gasteiger partial charge in [-0.15, -0.1) is 24.9 Å². The predicted molar refractivity (Wildman–Crippen MR) is 54.2 cm³/mol. The van der Waals surface area contributed by atoms with Crippen LogP contribution in [0.25, 0.3) is 0 Å². The maximum atomic E-state index is 11.9. The first-order valence-electron chi connectivity index (χ1n) is 4.28. The lowest BCUT2D eigenvalue weighted by molar-refractivity contribution is -0.274. The summed E-state index contributed by atoms with van der Waals surface area (Å²) in [5, 5.41) is 8.38. The molecule has 0 aromatic heterocycles. The molecule has 0 aliphatic carbocycles. The van der Waals surface area contributed by atoms with Gasteiger partial charge in [-0.2, -0.15) is 5.26 Å². The molecule has 0 amide bonds. The molecule has 0 radical (unpaired) electrons. The van der Waals surface area contributed by atoms with Gasteiger partial charge in [-0.25, -0.2) is 0 Å². The highest BCUT2D eigenvalue weighted by atomic mass is 32.2. The van der Waals surface area contributed by atoms with E-state index in [1.807, 2.05) is 6.07 Å². The third-order valence-corrected chi connectivity index (χ3v) is 2.71. The summed E-state index contributed by atoms with van der Waals surface area (Å²) in [4.78, 5) is 0.774. The number of aryl methyl sites for hydroxylation is 1. The van der Waals surface area contributed by atoms with E-state index in [-0.39, 0.29) is 11.5 Å². The summed E-state index contributed by atoms with van der Waals surface area (Å²) in [6.45, 7) is 1.67. The van der Waals surface area contributed by atoms with Gasteiger partial charge in [0.2, 0.25) is 0 Å². The number of hydrogen-bond donors (Lipinski definition) is 0. The first-order valence-corrected chi connectivity index (χ1v) is 5.27. The lowest BCUT2D eigenvalue weighted by atomic mass is 10.2. The van der Waals surface area contributed by atoms with Crippen LogP contribution in [-0.2, 0) is 0 Å². The van der Waals surface area contributed by atoms with Crippen molar-refractivity contribution >= 4 is 11.8 Å². The molecule has 0 N–H and O–H groups in total. The van der Waals surface area contributed by atoms with Crippen LogP contribution >= 0.6 is 11.8 Å². The second-order valence-electron chi connectivity index (χ2n) is 2.92. The number of ether oxygens (including phenoxy) is 1. The Morgan fingerprint density at radius 2 is 2.12 bits per heavy atom. The van der Waals surface area contributed by atoms with Crippen molar-refractivity contribution in [3.8, 4) is 11.8 Å². The minimum Gasteiger partial charge on any atom is -0.406 e. The monoisotopic (exact) mass is 247 g/mol. The number of nitriles is 1. The average molecular weight is 247 g/mol. The summed E-state index contributed by atoms with van der Waals surface area (Å²) in [5.41, 5.74) is 0.655. The van der Waals surface area contributed by atoms with Crippen molar-refractivity contribution in [3.63, 3.8) is 0 Å². The molecule has 2 nitrogen and oxygen atoms in total.